The second kappa shape index (κ2) is 5.85. The first kappa shape index (κ1) is 21.5. The summed E-state index contributed by atoms with van der Waals surface area (Å²) in [7, 11) is 0. The van der Waals surface area contributed by atoms with Gasteiger partial charge >= 0.3 is 29.6 Å². The zero-order chi connectivity index (χ0) is 19.1. The summed E-state index contributed by atoms with van der Waals surface area (Å²) < 4.78 is 173. The fourth-order valence-electron chi connectivity index (χ4n) is 1.07. The van der Waals surface area contributed by atoms with Gasteiger partial charge in [-0.15, -0.1) is 0 Å². The molecule has 0 heterocycles. The van der Waals surface area contributed by atoms with Crippen LogP contribution < -0.4 is 0 Å². The van der Waals surface area contributed by atoms with Crippen LogP contribution in [0.5, 0.6) is 0 Å². The molecule has 0 aromatic carbocycles. The molecule has 136 valence electrons. The zero-order valence-electron chi connectivity index (χ0n) is 9.95. The zero-order valence-corrected chi connectivity index (χ0v) is 9.95. The second-order valence-electron chi connectivity index (χ2n) is 3.84. The third-order valence-electron chi connectivity index (χ3n) is 2.21. The maximum atomic E-state index is 12.9. The molecule has 0 amide bonds. The predicted molar refractivity (Wildman–Crippen MR) is 45.3 cm³/mol. The van der Waals surface area contributed by atoms with Crippen molar-refractivity contribution in [1.82, 2.24) is 0 Å². The van der Waals surface area contributed by atoms with E-state index in [0.29, 0.717) is 0 Å². The van der Waals surface area contributed by atoms with Crippen molar-refractivity contribution in [2.24, 2.45) is 0 Å². The Morgan fingerprint density at radius 1 is 0.435 bits per heavy atom. The lowest BCUT2D eigenvalue weighted by molar-refractivity contribution is -0.387. The van der Waals surface area contributed by atoms with Crippen molar-refractivity contribution >= 4 is 0 Å². The number of alkyl halides is 10. The summed E-state index contributed by atoms with van der Waals surface area (Å²) in [4.78, 5) is 0. The smallest absolute Gasteiger partial charge is 0.195 e. The number of allylic oxidation sites excluding steroid dienone is 2. The van der Waals surface area contributed by atoms with E-state index in [4.69, 9.17) is 0 Å². The lowest BCUT2D eigenvalue weighted by Gasteiger charge is -2.37. The Labute approximate surface area is 117 Å². The summed E-state index contributed by atoms with van der Waals surface area (Å²) in [5.74, 6) is -36.0. The summed E-state index contributed by atoms with van der Waals surface area (Å²) in [5.41, 5.74) is 0. The fraction of sp³-hybridized carbons (Fsp3) is 0.556. The van der Waals surface area contributed by atoms with Gasteiger partial charge in [0.15, 0.2) is 0 Å². The highest BCUT2D eigenvalue weighted by atomic mass is 19.4. The average Bonchev–Trinajstić information content (AvgIpc) is 2.23. The molecular weight excluding hydrogens is 374 g/mol. The molecule has 0 spiro atoms. The minimum absolute atomic E-state index is 2.17. The van der Waals surface area contributed by atoms with Crippen LogP contribution in [-0.2, 0) is 0 Å². The Bertz CT molecular complexity index is 446. The van der Waals surface area contributed by atoms with E-state index in [1.807, 2.05) is 0 Å². The van der Waals surface area contributed by atoms with Gasteiger partial charge in [0.05, 0.1) is 12.2 Å². The summed E-state index contributed by atoms with van der Waals surface area (Å²) in [6.07, 6.45) is -11.8. The molecule has 0 fully saturated rings. The van der Waals surface area contributed by atoms with Gasteiger partial charge in [-0.05, 0) is 0 Å². The fourth-order valence-corrected chi connectivity index (χ4v) is 1.07. The highest BCUT2D eigenvalue weighted by molar-refractivity contribution is 5.17. The van der Waals surface area contributed by atoms with Crippen molar-refractivity contribution in [1.29, 1.82) is 0 Å². The molecule has 0 N–H and O–H groups in total. The van der Waals surface area contributed by atoms with Crippen molar-refractivity contribution in [2.75, 3.05) is 0 Å². The molecule has 23 heavy (non-hydrogen) atoms. The van der Waals surface area contributed by atoms with E-state index in [2.05, 4.69) is 0 Å². The SMILES string of the molecule is FC(F)=CC(F)(F)C(F)(F)C(F)(F)C(F)(F)C(F)(F)C=C(F)F. The molecule has 0 aliphatic heterocycles. The standard InChI is InChI=1S/C9H2F14/c10-3(11)1-5(14,15)7(18,19)9(22,23)8(20,21)6(16,17)2-4(12)13/h1-2H. The molecule has 0 bridgehead atoms. The molecular formula is C9H2F14. The van der Waals surface area contributed by atoms with Crippen LogP contribution in [0.2, 0.25) is 0 Å². The van der Waals surface area contributed by atoms with Crippen molar-refractivity contribution < 1.29 is 61.5 Å². The lowest BCUT2D eigenvalue weighted by atomic mass is 9.94. The van der Waals surface area contributed by atoms with Gasteiger partial charge in [0.25, 0.3) is 12.2 Å². The van der Waals surface area contributed by atoms with Gasteiger partial charge in [-0.1, -0.05) is 0 Å². The summed E-state index contributed by atoms with van der Waals surface area (Å²) in [6.45, 7) is 0. The van der Waals surface area contributed by atoms with Crippen LogP contribution in [0.25, 0.3) is 0 Å². The largest absolute Gasteiger partial charge is 0.385 e. The maximum absolute atomic E-state index is 12.9. The molecule has 0 nitrogen and oxygen atoms in total. The summed E-state index contributed by atoms with van der Waals surface area (Å²) in [6, 6.07) is 0. The first-order valence-electron chi connectivity index (χ1n) is 4.80. The minimum Gasteiger partial charge on any atom is -0.195 e. The van der Waals surface area contributed by atoms with Crippen molar-refractivity contribution in [3.63, 3.8) is 0 Å². The predicted octanol–water partition coefficient (Wildman–Crippen LogP) is 5.72. The number of hydrogen-bond donors (Lipinski definition) is 0. The Balaban J connectivity index is 6.24. The third-order valence-corrected chi connectivity index (χ3v) is 2.21. The van der Waals surface area contributed by atoms with Crippen molar-refractivity contribution in [3.8, 4) is 0 Å². The highest BCUT2D eigenvalue weighted by Crippen LogP contribution is 2.57. The number of hydrogen-bond acceptors (Lipinski definition) is 0. The van der Waals surface area contributed by atoms with E-state index in [1.165, 1.54) is 0 Å². The molecule has 0 aromatic heterocycles. The van der Waals surface area contributed by atoms with Gasteiger partial charge in [-0.25, -0.2) is 0 Å². The number of halogens is 14. The van der Waals surface area contributed by atoms with Gasteiger partial charge < -0.3 is 0 Å². The molecule has 0 saturated carbocycles. The van der Waals surface area contributed by atoms with Crippen LogP contribution in [0.1, 0.15) is 0 Å². The van der Waals surface area contributed by atoms with Gasteiger partial charge in [0, 0.05) is 0 Å². The minimum atomic E-state index is -7.69. The van der Waals surface area contributed by atoms with Gasteiger partial charge in [-0.3, -0.25) is 0 Å². The Morgan fingerprint density at radius 3 is 0.826 bits per heavy atom. The topological polar surface area (TPSA) is 0 Å². The lowest BCUT2D eigenvalue weighted by Crippen LogP contribution is -2.66. The van der Waals surface area contributed by atoms with Gasteiger partial charge in [0.2, 0.25) is 0 Å². The molecule has 0 saturated heterocycles. The Hall–Kier alpha value is -1.50. The third kappa shape index (κ3) is 3.54. The van der Waals surface area contributed by atoms with Gasteiger partial charge in [0.1, 0.15) is 0 Å². The normalized spacial score (nSPS) is 14.5. The first-order valence-corrected chi connectivity index (χ1v) is 4.80. The van der Waals surface area contributed by atoms with Crippen LogP contribution in [0.4, 0.5) is 61.5 Å². The van der Waals surface area contributed by atoms with Crippen LogP contribution in [0.3, 0.4) is 0 Å². The van der Waals surface area contributed by atoms with E-state index in [9.17, 15) is 61.5 Å². The van der Waals surface area contributed by atoms with Crippen LogP contribution in [-0.4, -0.2) is 29.6 Å². The Kier molecular flexibility index (Phi) is 5.47. The van der Waals surface area contributed by atoms with Crippen LogP contribution in [0, 0.1) is 0 Å². The number of rotatable bonds is 6. The molecule has 0 unspecified atom stereocenters. The molecule has 0 atom stereocenters. The molecule has 0 rings (SSSR count). The van der Waals surface area contributed by atoms with Gasteiger partial charge in [-0.2, -0.15) is 61.5 Å². The molecule has 14 heteroatoms. The quantitative estimate of drug-likeness (QED) is 0.520. The summed E-state index contributed by atoms with van der Waals surface area (Å²) in [5, 5.41) is 0. The van der Waals surface area contributed by atoms with Crippen LogP contribution >= 0.6 is 0 Å². The van der Waals surface area contributed by atoms with E-state index in [1.54, 1.807) is 0 Å². The van der Waals surface area contributed by atoms with E-state index < -0.39 is 53.9 Å². The monoisotopic (exact) mass is 376 g/mol. The molecule has 0 aliphatic carbocycles. The first-order chi connectivity index (χ1) is 9.83. The molecule has 0 aromatic rings. The van der Waals surface area contributed by atoms with E-state index in [0.717, 1.165) is 0 Å². The van der Waals surface area contributed by atoms with E-state index in [-0.39, 0.29) is 0 Å². The maximum Gasteiger partial charge on any atom is 0.385 e. The van der Waals surface area contributed by atoms with Crippen molar-refractivity contribution in [2.45, 2.75) is 29.6 Å². The highest BCUT2D eigenvalue weighted by Gasteiger charge is 2.85. The van der Waals surface area contributed by atoms with Crippen LogP contribution in [0.15, 0.2) is 24.3 Å². The van der Waals surface area contributed by atoms with E-state index >= 15 is 0 Å². The van der Waals surface area contributed by atoms with Crippen molar-refractivity contribution in [3.05, 3.63) is 24.3 Å². The average molecular weight is 376 g/mol. The second-order valence-corrected chi connectivity index (χ2v) is 3.84. The summed E-state index contributed by atoms with van der Waals surface area (Å²) >= 11 is 0. The molecule has 0 aliphatic rings. The molecule has 0 radical (unpaired) electrons. The Morgan fingerprint density at radius 2 is 0.652 bits per heavy atom.